The molecule has 2 amide bonds. The monoisotopic (exact) mass is 1050 g/mol. The molecule has 0 aliphatic carbocycles. The first-order valence-corrected chi connectivity index (χ1v) is 23.9. The summed E-state index contributed by atoms with van der Waals surface area (Å²) in [5.41, 5.74) is 3.95. The number of ether oxygens (including phenoxy) is 2. The van der Waals surface area contributed by atoms with Gasteiger partial charge in [-0.1, -0.05) is 36.4 Å². The minimum Gasteiger partial charge on any atom is -0.480 e. The van der Waals surface area contributed by atoms with E-state index in [0.717, 1.165) is 88.6 Å². The lowest BCUT2D eigenvalue weighted by atomic mass is 10.0. The van der Waals surface area contributed by atoms with Crippen molar-refractivity contribution in [2.24, 2.45) is 0 Å². The Kier molecular flexibility index (Phi) is 13.8. The van der Waals surface area contributed by atoms with E-state index in [1.807, 2.05) is 18.2 Å². The fourth-order valence-electron chi connectivity index (χ4n) is 6.78. The van der Waals surface area contributed by atoms with Gasteiger partial charge in [0.25, 0.3) is 11.8 Å². The maximum atomic E-state index is 14.2. The van der Waals surface area contributed by atoms with Gasteiger partial charge in [-0.15, -0.1) is 0 Å². The van der Waals surface area contributed by atoms with Crippen molar-refractivity contribution in [2.45, 2.75) is 74.4 Å². The highest BCUT2D eigenvalue weighted by atomic mass is 127. The van der Waals surface area contributed by atoms with E-state index in [0.29, 0.717) is 11.1 Å². The molecule has 0 saturated carbocycles. The van der Waals surface area contributed by atoms with Crippen LogP contribution in [0, 0.1) is 9.39 Å². The van der Waals surface area contributed by atoms with E-state index in [9.17, 15) is 57.2 Å². The highest BCUT2D eigenvalue weighted by molar-refractivity contribution is 14.1. The Morgan fingerprint density at radius 3 is 1.45 bits per heavy atom. The fraction of sp³-hybridized carbons (Fsp3) is 0.273. The van der Waals surface area contributed by atoms with E-state index in [4.69, 9.17) is 9.47 Å². The van der Waals surface area contributed by atoms with Gasteiger partial charge in [0.1, 0.15) is 17.3 Å². The summed E-state index contributed by atoms with van der Waals surface area (Å²) in [7, 11) is -7.40. The molecule has 2 aliphatic heterocycles. The SMILES string of the molecule is CC(Oc1ccc(S(C)(=O)=O)cc1C(=O)N1Cc2ccc(-c3ccccc3F)cc2C1)C(F)(F)F.C[C@H](Oc1ccc(S(C)(=O)=O)cc1C(=O)N1Cc2ccc(I)cc2C1)C(F)(F)F. The zero-order valence-electron chi connectivity index (χ0n) is 34.2. The van der Waals surface area contributed by atoms with Gasteiger partial charge >= 0.3 is 12.4 Å². The van der Waals surface area contributed by atoms with Crippen molar-refractivity contribution < 1.29 is 66.6 Å². The van der Waals surface area contributed by atoms with Crippen LogP contribution < -0.4 is 9.47 Å². The summed E-state index contributed by atoms with van der Waals surface area (Å²) in [6, 6.07) is 23.7. The number of hydrogen-bond donors (Lipinski definition) is 0. The topological polar surface area (TPSA) is 127 Å². The van der Waals surface area contributed by atoms with Crippen LogP contribution in [-0.2, 0) is 45.9 Å². The van der Waals surface area contributed by atoms with Gasteiger partial charge < -0.3 is 19.3 Å². The molecule has 2 aliphatic rings. The summed E-state index contributed by atoms with van der Waals surface area (Å²) in [6.07, 6.45) is -11.8. The van der Waals surface area contributed by atoms with Crippen LogP contribution in [0.25, 0.3) is 11.1 Å². The van der Waals surface area contributed by atoms with Gasteiger partial charge in [-0.05, 0) is 125 Å². The number of rotatable bonds is 9. The Bertz CT molecular complexity index is 2860. The van der Waals surface area contributed by atoms with Crippen molar-refractivity contribution in [1.29, 1.82) is 0 Å². The Morgan fingerprint density at radius 2 is 1.02 bits per heavy atom. The predicted octanol–water partition coefficient (Wildman–Crippen LogP) is 9.56. The molecule has 0 aromatic heterocycles. The highest BCUT2D eigenvalue weighted by Gasteiger charge is 2.40. The molecule has 340 valence electrons. The van der Waals surface area contributed by atoms with Gasteiger partial charge in [-0.2, -0.15) is 26.3 Å². The molecular formula is C44H38F7IN2O8S2. The first-order valence-electron chi connectivity index (χ1n) is 19.1. The van der Waals surface area contributed by atoms with E-state index in [1.54, 1.807) is 36.4 Å². The second-order valence-electron chi connectivity index (χ2n) is 15.2. The molecule has 0 bridgehead atoms. The summed E-state index contributed by atoms with van der Waals surface area (Å²) in [4.78, 5) is 28.9. The number of carbonyl (C=O) groups excluding carboxylic acids is 2. The molecule has 0 saturated heterocycles. The molecule has 5 aromatic carbocycles. The highest BCUT2D eigenvalue weighted by Crippen LogP contribution is 2.36. The third-order valence-corrected chi connectivity index (χ3v) is 13.2. The zero-order chi connectivity index (χ0) is 47.1. The summed E-state index contributed by atoms with van der Waals surface area (Å²) < 4.78 is 151. The standard InChI is InChI=1S/C25H21F4NO4S.C19H17F3INO4S/c1-15(25(27,28)29)34-23-10-9-19(35(2,32)33)12-21(23)24(31)30-13-17-8-7-16(11-18(17)14-30)20-5-3-4-6-22(20)26;1-11(19(20,21)22)28-17-6-5-15(29(2,26)27)8-16(17)18(25)24-9-12-3-4-14(23)7-13(12)10-24/h3-12,15H,13-14H2,1-2H3;3-8,11H,9-10H2,1-2H3/t;11-/m.0/s1. The molecule has 2 atom stereocenters. The lowest BCUT2D eigenvalue weighted by Gasteiger charge is -2.22. The lowest BCUT2D eigenvalue weighted by Crippen LogP contribution is -2.32. The maximum absolute atomic E-state index is 14.2. The zero-order valence-corrected chi connectivity index (χ0v) is 38.0. The number of sulfone groups is 2. The molecule has 7 rings (SSSR count). The van der Waals surface area contributed by atoms with Gasteiger partial charge in [-0.25, -0.2) is 21.2 Å². The number of halogens is 8. The van der Waals surface area contributed by atoms with Gasteiger partial charge in [0, 0.05) is 47.8 Å². The molecule has 0 N–H and O–H groups in total. The molecule has 2 heterocycles. The Balaban J connectivity index is 0.000000216. The number of alkyl halides is 6. The van der Waals surface area contributed by atoms with Crippen molar-refractivity contribution in [2.75, 3.05) is 12.5 Å². The largest absolute Gasteiger partial charge is 0.480 e. The second kappa shape index (κ2) is 18.3. The fourth-order valence-corrected chi connectivity index (χ4v) is 8.63. The van der Waals surface area contributed by atoms with Crippen LogP contribution in [-0.4, -0.2) is 75.5 Å². The average molecular weight is 1050 g/mol. The van der Waals surface area contributed by atoms with Crippen molar-refractivity contribution in [3.8, 4) is 22.6 Å². The number of carbonyl (C=O) groups is 2. The number of benzene rings is 5. The quantitative estimate of drug-likeness (QED) is 0.106. The molecule has 0 radical (unpaired) electrons. The second-order valence-corrected chi connectivity index (χ2v) is 20.4. The average Bonchev–Trinajstić information content (AvgIpc) is 3.83. The molecule has 5 aromatic rings. The van der Waals surface area contributed by atoms with Crippen LogP contribution in [0.3, 0.4) is 0 Å². The van der Waals surface area contributed by atoms with Crippen LogP contribution in [0.15, 0.2) is 107 Å². The van der Waals surface area contributed by atoms with Crippen molar-refractivity contribution >= 4 is 54.1 Å². The summed E-state index contributed by atoms with van der Waals surface area (Å²) in [6.45, 7) is 2.46. The van der Waals surface area contributed by atoms with E-state index in [2.05, 4.69) is 22.6 Å². The first-order chi connectivity index (χ1) is 29.7. The molecule has 64 heavy (non-hydrogen) atoms. The van der Waals surface area contributed by atoms with Crippen LogP contribution in [0.1, 0.15) is 56.8 Å². The van der Waals surface area contributed by atoms with Crippen molar-refractivity contribution in [1.82, 2.24) is 9.80 Å². The number of nitrogens with zero attached hydrogens (tertiary/aromatic N) is 2. The van der Waals surface area contributed by atoms with Gasteiger partial charge in [-0.3, -0.25) is 9.59 Å². The molecule has 0 spiro atoms. The smallest absolute Gasteiger partial charge is 0.425 e. The van der Waals surface area contributed by atoms with Gasteiger partial charge in [0.2, 0.25) is 0 Å². The third kappa shape index (κ3) is 11.2. The van der Waals surface area contributed by atoms with Crippen molar-refractivity contribution in [3.05, 3.63) is 140 Å². The molecule has 1 unspecified atom stereocenters. The van der Waals surface area contributed by atoms with Crippen LogP contribution in [0.2, 0.25) is 0 Å². The molecule has 10 nitrogen and oxygen atoms in total. The van der Waals surface area contributed by atoms with E-state index in [-0.39, 0.29) is 58.6 Å². The molecule has 20 heteroatoms. The Morgan fingerprint density at radius 1 is 0.594 bits per heavy atom. The van der Waals surface area contributed by atoms with Gasteiger partial charge in [0.05, 0.1) is 20.9 Å². The number of fused-ring (bicyclic) bond motifs is 2. The maximum Gasteiger partial charge on any atom is 0.425 e. The van der Waals surface area contributed by atoms with Crippen LogP contribution in [0.4, 0.5) is 30.7 Å². The minimum atomic E-state index is -4.68. The van der Waals surface area contributed by atoms with Gasteiger partial charge in [0.15, 0.2) is 31.9 Å². The number of amides is 2. The van der Waals surface area contributed by atoms with E-state index in [1.165, 1.54) is 15.9 Å². The molecule has 0 fully saturated rings. The van der Waals surface area contributed by atoms with E-state index >= 15 is 0 Å². The lowest BCUT2D eigenvalue weighted by molar-refractivity contribution is -0.189. The Labute approximate surface area is 378 Å². The molecular weight excluding hydrogens is 1010 g/mol. The summed E-state index contributed by atoms with van der Waals surface area (Å²) in [5, 5.41) is 0. The van der Waals surface area contributed by atoms with Crippen LogP contribution in [0.5, 0.6) is 11.5 Å². The first kappa shape index (κ1) is 48.2. The summed E-state index contributed by atoms with van der Waals surface area (Å²) >= 11 is 2.15. The normalized spacial score (nSPS) is 14.8. The van der Waals surface area contributed by atoms with Crippen LogP contribution >= 0.6 is 22.6 Å². The summed E-state index contributed by atoms with van der Waals surface area (Å²) in [5.74, 6) is -2.33. The Hall–Kier alpha value is -5.22. The third-order valence-electron chi connectivity index (χ3n) is 10.3. The predicted molar refractivity (Wildman–Crippen MR) is 230 cm³/mol. The van der Waals surface area contributed by atoms with E-state index < -0.39 is 61.9 Å². The minimum absolute atomic E-state index is 0.119. The number of hydrogen-bond acceptors (Lipinski definition) is 8. The van der Waals surface area contributed by atoms with Crippen molar-refractivity contribution in [3.63, 3.8) is 0 Å².